The zero-order valence-electron chi connectivity index (χ0n) is 14.7. The molecule has 0 spiro atoms. The first-order valence-electron chi connectivity index (χ1n) is 8.83. The summed E-state index contributed by atoms with van der Waals surface area (Å²) in [4.78, 5) is 4.51. The smallest absolute Gasteiger partial charge is 0.131 e. The van der Waals surface area contributed by atoms with E-state index >= 15 is 0 Å². The maximum absolute atomic E-state index is 14.1. The molecule has 0 saturated heterocycles. The second kappa shape index (κ2) is 6.29. The average molecular weight is 369 g/mol. The molecule has 0 aliphatic heterocycles. The summed E-state index contributed by atoms with van der Waals surface area (Å²) < 4.78 is 16.5. The number of pyridine rings is 1. The van der Waals surface area contributed by atoms with Crippen molar-refractivity contribution in [2.75, 3.05) is 0 Å². The molecule has 0 unspecified atom stereocenters. The molecular formula is C24H16FNS. The molecular weight excluding hydrogens is 353 g/mol. The Balaban J connectivity index is 1.68. The highest BCUT2D eigenvalue weighted by molar-refractivity contribution is 7.25. The molecule has 130 valence electrons. The van der Waals surface area contributed by atoms with E-state index in [0.717, 1.165) is 16.8 Å². The van der Waals surface area contributed by atoms with Crippen molar-refractivity contribution in [1.29, 1.82) is 0 Å². The number of fused-ring (bicyclic) bond motifs is 3. The number of halogens is 1. The van der Waals surface area contributed by atoms with Gasteiger partial charge in [-0.3, -0.25) is 4.98 Å². The summed E-state index contributed by atoms with van der Waals surface area (Å²) in [5.41, 5.74) is 4.85. The highest BCUT2D eigenvalue weighted by atomic mass is 32.1. The minimum absolute atomic E-state index is 0.189. The van der Waals surface area contributed by atoms with Gasteiger partial charge in [-0.05, 0) is 54.4 Å². The van der Waals surface area contributed by atoms with E-state index in [9.17, 15) is 4.39 Å². The third-order valence-corrected chi connectivity index (χ3v) is 6.00. The van der Waals surface area contributed by atoms with Gasteiger partial charge in [-0.15, -0.1) is 11.3 Å². The van der Waals surface area contributed by atoms with Crippen LogP contribution in [0.1, 0.15) is 5.56 Å². The number of thiophene rings is 1. The van der Waals surface area contributed by atoms with Crippen molar-refractivity contribution < 1.29 is 4.39 Å². The quantitative estimate of drug-likeness (QED) is 0.320. The van der Waals surface area contributed by atoms with E-state index in [2.05, 4.69) is 48.3 Å². The van der Waals surface area contributed by atoms with Gasteiger partial charge in [0.25, 0.3) is 0 Å². The van der Waals surface area contributed by atoms with Gasteiger partial charge in [0.2, 0.25) is 0 Å². The summed E-state index contributed by atoms with van der Waals surface area (Å²) in [7, 11) is 0. The Kier molecular flexibility index (Phi) is 3.76. The van der Waals surface area contributed by atoms with Gasteiger partial charge in [-0.25, -0.2) is 4.39 Å². The molecule has 3 aromatic carbocycles. The number of benzene rings is 3. The monoisotopic (exact) mass is 369 g/mol. The van der Waals surface area contributed by atoms with Crippen molar-refractivity contribution in [3.05, 3.63) is 90.4 Å². The van der Waals surface area contributed by atoms with E-state index in [1.165, 1.54) is 31.8 Å². The lowest BCUT2D eigenvalue weighted by molar-refractivity contribution is 0.631. The van der Waals surface area contributed by atoms with Gasteiger partial charge in [0.1, 0.15) is 5.82 Å². The van der Waals surface area contributed by atoms with Crippen LogP contribution in [0.2, 0.25) is 0 Å². The molecule has 0 aliphatic carbocycles. The van der Waals surface area contributed by atoms with Crippen LogP contribution in [0, 0.1) is 12.7 Å². The number of rotatable bonds is 2. The van der Waals surface area contributed by atoms with Gasteiger partial charge in [-0.2, -0.15) is 0 Å². The molecule has 0 atom stereocenters. The fraction of sp³-hybridized carbons (Fsp3) is 0.0417. The molecule has 0 amide bonds. The van der Waals surface area contributed by atoms with Crippen LogP contribution in [-0.2, 0) is 0 Å². The van der Waals surface area contributed by atoms with Crippen molar-refractivity contribution in [1.82, 2.24) is 4.98 Å². The zero-order chi connectivity index (χ0) is 18.4. The maximum atomic E-state index is 14.1. The van der Waals surface area contributed by atoms with Gasteiger partial charge in [0.15, 0.2) is 0 Å². The van der Waals surface area contributed by atoms with E-state index in [4.69, 9.17) is 0 Å². The van der Waals surface area contributed by atoms with Crippen LogP contribution in [0.15, 0.2) is 79.0 Å². The van der Waals surface area contributed by atoms with E-state index in [1.54, 1.807) is 17.4 Å². The van der Waals surface area contributed by atoms with Crippen molar-refractivity contribution in [3.8, 4) is 22.4 Å². The summed E-state index contributed by atoms with van der Waals surface area (Å²) >= 11 is 1.74. The van der Waals surface area contributed by atoms with Crippen LogP contribution < -0.4 is 0 Å². The second-order valence-electron chi connectivity index (χ2n) is 6.72. The third-order valence-electron chi connectivity index (χ3n) is 4.87. The Hall–Kier alpha value is -3.04. The van der Waals surface area contributed by atoms with Crippen LogP contribution in [-0.4, -0.2) is 4.98 Å². The van der Waals surface area contributed by atoms with Crippen LogP contribution in [0.4, 0.5) is 4.39 Å². The fourth-order valence-corrected chi connectivity index (χ4v) is 4.62. The number of hydrogen-bond acceptors (Lipinski definition) is 2. The minimum Gasteiger partial charge on any atom is -0.256 e. The fourth-order valence-electron chi connectivity index (χ4n) is 3.49. The molecule has 3 heteroatoms. The SMILES string of the molecule is Cc1ccnc(-c2ccc3sc4cc(-c5ccccc5F)ccc4c3c2)c1. The summed E-state index contributed by atoms with van der Waals surface area (Å²) in [5, 5.41) is 2.42. The molecule has 1 nitrogen and oxygen atoms in total. The average Bonchev–Trinajstić information content (AvgIpc) is 3.05. The Bertz CT molecular complexity index is 1300. The highest BCUT2D eigenvalue weighted by Crippen LogP contribution is 2.38. The number of nitrogens with zero attached hydrogens (tertiary/aromatic N) is 1. The summed E-state index contributed by atoms with van der Waals surface area (Å²) in [6, 6.07) is 23.7. The standard InChI is InChI=1S/C24H16FNS/c1-15-10-11-26-22(12-15)17-7-9-23-20(13-17)19-8-6-16(14-24(19)27-23)18-4-2-3-5-21(18)25/h2-14H,1H3. The summed E-state index contributed by atoms with van der Waals surface area (Å²) in [6.45, 7) is 2.08. The molecule has 27 heavy (non-hydrogen) atoms. The van der Waals surface area contributed by atoms with Gasteiger partial charge < -0.3 is 0 Å². The molecule has 2 aromatic heterocycles. The van der Waals surface area contributed by atoms with Gasteiger partial charge in [0, 0.05) is 37.5 Å². The normalized spacial score (nSPS) is 11.3. The second-order valence-corrected chi connectivity index (χ2v) is 7.81. The number of hydrogen-bond donors (Lipinski definition) is 0. The highest BCUT2D eigenvalue weighted by Gasteiger charge is 2.10. The first-order valence-corrected chi connectivity index (χ1v) is 9.65. The molecule has 0 bridgehead atoms. The van der Waals surface area contributed by atoms with E-state index in [1.807, 2.05) is 30.5 Å². The molecule has 0 aliphatic rings. The van der Waals surface area contributed by atoms with Crippen LogP contribution in [0.25, 0.3) is 42.6 Å². The Morgan fingerprint density at radius 1 is 0.778 bits per heavy atom. The zero-order valence-corrected chi connectivity index (χ0v) is 15.6. The van der Waals surface area contributed by atoms with Crippen LogP contribution in [0.3, 0.4) is 0 Å². The van der Waals surface area contributed by atoms with Crippen LogP contribution >= 0.6 is 11.3 Å². The van der Waals surface area contributed by atoms with Gasteiger partial charge in [0.05, 0.1) is 5.69 Å². The minimum atomic E-state index is -0.189. The summed E-state index contributed by atoms with van der Waals surface area (Å²) in [5.74, 6) is -0.189. The first kappa shape index (κ1) is 16.2. The number of aromatic nitrogens is 1. The van der Waals surface area contributed by atoms with Gasteiger partial charge >= 0.3 is 0 Å². The maximum Gasteiger partial charge on any atom is 0.131 e. The molecule has 0 N–H and O–H groups in total. The molecule has 2 heterocycles. The lowest BCUT2D eigenvalue weighted by atomic mass is 10.0. The third kappa shape index (κ3) is 2.81. The van der Waals surface area contributed by atoms with Gasteiger partial charge in [-0.1, -0.05) is 36.4 Å². The van der Waals surface area contributed by atoms with E-state index in [-0.39, 0.29) is 5.82 Å². The largest absolute Gasteiger partial charge is 0.256 e. The molecule has 0 radical (unpaired) electrons. The first-order chi connectivity index (χ1) is 13.2. The molecule has 5 aromatic rings. The lowest BCUT2D eigenvalue weighted by Gasteiger charge is -2.04. The Morgan fingerprint density at radius 3 is 2.48 bits per heavy atom. The Morgan fingerprint density at radius 2 is 1.63 bits per heavy atom. The van der Waals surface area contributed by atoms with Crippen molar-refractivity contribution in [2.24, 2.45) is 0 Å². The Labute approximate surface area is 160 Å². The molecule has 0 fully saturated rings. The van der Waals surface area contributed by atoms with E-state index < -0.39 is 0 Å². The van der Waals surface area contributed by atoms with Crippen molar-refractivity contribution in [2.45, 2.75) is 6.92 Å². The number of aryl methyl sites for hydroxylation is 1. The summed E-state index contributed by atoms with van der Waals surface area (Å²) in [6.07, 6.45) is 1.85. The lowest BCUT2D eigenvalue weighted by Crippen LogP contribution is -1.84. The van der Waals surface area contributed by atoms with E-state index in [0.29, 0.717) is 5.56 Å². The molecule has 0 saturated carbocycles. The predicted octanol–water partition coefficient (Wildman–Crippen LogP) is 7.23. The predicted molar refractivity (Wildman–Crippen MR) is 113 cm³/mol. The molecule has 5 rings (SSSR count). The van der Waals surface area contributed by atoms with Crippen LogP contribution in [0.5, 0.6) is 0 Å². The van der Waals surface area contributed by atoms with Crippen molar-refractivity contribution in [3.63, 3.8) is 0 Å². The topological polar surface area (TPSA) is 12.9 Å². The van der Waals surface area contributed by atoms with Crippen molar-refractivity contribution >= 4 is 31.5 Å².